The Hall–Kier alpha value is -3.14. The monoisotopic (exact) mass is 292 g/mol. The zero-order valence-corrected chi connectivity index (χ0v) is 11.9. The summed E-state index contributed by atoms with van der Waals surface area (Å²) in [6.07, 6.45) is 5.01. The average molecular weight is 292 g/mol. The Bertz CT molecular complexity index is 645. The third-order valence-corrected chi connectivity index (χ3v) is 2.98. The quantitative estimate of drug-likeness (QED) is 0.625. The lowest BCUT2D eigenvalue weighted by Gasteiger charge is -2.02. The van der Waals surface area contributed by atoms with Gasteiger partial charge in [0, 0.05) is 11.4 Å². The zero-order valence-electron chi connectivity index (χ0n) is 11.9. The van der Waals surface area contributed by atoms with Crippen molar-refractivity contribution >= 4 is 22.9 Å². The van der Waals surface area contributed by atoms with Crippen LogP contribution in [0.15, 0.2) is 72.8 Å². The maximum absolute atomic E-state index is 10.3. The number of carbonyl (C=O) groups is 2. The van der Waals surface area contributed by atoms with Crippen LogP contribution in [0.1, 0.15) is 0 Å². The van der Waals surface area contributed by atoms with Gasteiger partial charge in [0.15, 0.2) is 11.6 Å². The van der Waals surface area contributed by atoms with Crippen molar-refractivity contribution in [3.63, 3.8) is 0 Å². The van der Waals surface area contributed by atoms with Crippen LogP contribution >= 0.6 is 0 Å². The number of benzene rings is 2. The number of nitrogens with two attached hydrogens (primary N) is 2. The van der Waals surface area contributed by atoms with Gasteiger partial charge in [-0.2, -0.15) is 0 Å². The molecule has 0 spiro atoms. The molecule has 0 aromatic heterocycles. The van der Waals surface area contributed by atoms with Crippen LogP contribution in [0.3, 0.4) is 0 Å². The highest BCUT2D eigenvalue weighted by Crippen LogP contribution is 2.21. The molecular formula is C18H16N2O2. The second-order valence-electron chi connectivity index (χ2n) is 4.72. The fourth-order valence-corrected chi connectivity index (χ4v) is 1.79. The summed E-state index contributed by atoms with van der Waals surface area (Å²) in [4.78, 5) is 20.6. The van der Waals surface area contributed by atoms with E-state index in [1.54, 1.807) is 0 Å². The number of carbonyl (C=O) groups excluding carboxylic acids is 2. The third kappa shape index (κ3) is 4.45. The van der Waals surface area contributed by atoms with E-state index < -0.39 is 0 Å². The van der Waals surface area contributed by atoms with Gasteiger partial charge in [-0.15, -0.1) is 0 Å². The molecule has 0 amide bonds. The molecule has 22 heavy (non-hydrogen) atoms. The molecule has 0 aliphatic heterocycles. The van der Waals surface area contributed by atoms with E-state index in [9.17, 15) is 9.59 Å². The van der Waals surface area contributed by atoms with Crippen molar-refractivity contribution in [1.29, 1.82) is 0 Å². The van der Waals surface area contributed by atoms with Gasteiger partial charge in [-0.1, -0.05) is 24.3 Å². The Kier molecular flexibility index (Phi) is 4.88. The predicted octanol–water partition coefficient (Wildman–Crippen LogP) is 2.77. The van der Waals surface area contributed by atoms with E-state index in [0.29, 0.717) is 0 Å². The second kappa shape index (κ2) is 7.04. The molecule has 4 N–H and O–H groups in total. The molecule has 0 saturated heterocycles. The lowest BCUT2D eigenvalue weighted by atomic mass is 10.1. The summed E-state index contributed by atoms with van der Waals surface area (Å²) < 4.78 is 0. The summed E-state index contributed by atoms with van der Waals surface area (Å²) in [6, 6.07) is 15.6. The van der Waals surface area contributed by atoms with E-state index in [4.69, 9.17) is 11.5 Å². The summed E-state index contributed by atoms with van der Waals surface area (Å²) in [6.45, 7) is 0. The third-order valence-electron chi connectivity index (χ3n) is 2.98. The lowest BCUT2D eigenvalue weighted by Crippen LogP contribution is -1.97. The second-order valence-corrected chi connectivity index (χ2v) is 4.72. The first-order chi connectivity index (χ1) is 10.5. The van der Waals surface area contributed by atoms with Crippen molar-refractivity contribution in [2.45, 2.75) is 0 Å². The van der Waals surface area contributed by atoms with Gasteiger partial charge in [0.05, 0.1) is 0 Å². The minimum Gasteiger partial charge on any atom is -0.399 e. The van der Waals surface area contributed by atoms with Crippen LogP contribution in [-0.4, -0.2) is 11.6 Å². The Morgan fingerprint density at radius 2 is 0.773 bits per heavy atom. The molecule has 0 atom stereocenters. The molecule has 0 unspecified atom stereocenters. The first-order valence-electron chi connectivity index (χ1n) is 6.70. The minimum atomic E-state index is -0.121. The predicted molar refractivity (Wildman–Crippen MR) is 89.0 cm³/mol. The van der Waals surface area contributed by atoms with Crippen LogP contribution in [0.25, 0.3) is 11.1 Å². The summed E-state index contributed by atoms with van der Waals surface area (Å²) in [5.74, 6) is -0.241. The molecule has 2 aromatic carbocycles. The molecule has 2 aromatic rings. The molecular weight excluding hydrogens is 276 g/mol. The van der Waals surface area contributed by atoms with Crippen molar-refractivity contribution in [3.05, 3.63) is 72.8 Å². The smallest absolute Gasteiger partial charge is 0.178 e. The molecule has 1 aliphatic carbocycles. The van der Waals surface area contributed by atoms with Gasteiger partial charge < -0.3 is 11.5 Å². The van der Waals surface area contributed by atoms with Crippen molar-refractivity contribution in [2.24, 2.45) is 0 Å². The Labute approximate surface area is 128 Å². The number of rotatable bonds is 1. The number of anilines is 2. The molecule has 4 heteroatoms. The van der Waals surface area contributed by atoms with Crippen LogP contribution in [-0.2, 0) is 9.59 Å². The summed E-state index contributed by atoms with van der Waals surface area (Å²) in [5, 5.41) is 0. The van der Waals surface area contributed by atoms with E-state index in [0.717, 1.165) is 22.5 Å². The number of nitrogen functional groups attached to an aromatic ring is 2. The normalized spacial score (nSPS) is 12.7. The number of allylic oxidation sites excluding steroid dienone is 4. The van der Waals surface area contributed by atoms with Gasteiger partial charge in [0.1, 0.15) is 0 Å². The molecule has 3 rings (SSSR count). The number of hydrogen-bond donors (Lipinski definition) is 2. The van der Waals surface area contributed by atoms with E-state index in [2.05, 4.69) is 0 Å². The summed E-state index contributed by atoms with van der Waals surface area (Å²) in [7, 11) is 0. The van der Waals surface area contributed by atoms with Crippen molar-refractivity contribution in [1.82, 2.24) is 0 Å². The van der Waals surface area contributed by atoms with Crippen LogP contribution in [0.2, 0.25) is 0 Å². The van der Waals surface area contributed by atoms with E-state index >= 15 is 0 Å². The van der Waals surface area contributed by atoms with Crippen LogP contribution in [0, 0.1) is 0 Å². The van der Waals surface area contributed by atoms with Gasteiger partial charge in [0.2, 0.25) is 0 Å². The fraction of sp³-hybridized carbons (Fsp3) is 0. The lowest BCUT2D eigenvalue weighted by molar-refractivity contribution is -0.113. The van der Waals surface area contributed by atoms with Gasteiger partial charge in [-0.25, -0.2) is 0 Å². The Morgan fingerprint density at radius 1 is 0.500 bits per heavy atom. The average Bonchev–Trinajstić information content (AvgIpc) is 2.53. The molecule has 0 radical (unpaired) electrons. The molecule has 0 saturated carbocycles. The standard InChI is InChI=1S/C12H12N2.C6H4O2/c13-11-5-1-9(2-6-11)10-3-7-12(14)8-4-10;7-5-1-2-6(8)4-3-5/h1-8H,13-14H2;1-4H. The molecule has 1 aliphatic rings. The Balaban J connectivity index is 0.000000188. The molecule has 4 nitrogen and oxygen atoms in total. The highest BCUT2D eigenvalue weighted by atomic mass is 16.1. The van der Waals surface area contributed by atoms with Crippen molar-refractivity contribution < 1.29 is 9.59 Å². The van der Waals surface area contributed by atoms with Crippen molar-refractivity contribution in [2.75, 3.05) is 11.5 Å². The maximum atomic E-state index is 10.3. The molecule has 0 fully saturated rings. The highest BCUT2D eigenvalue weighted by Gasteiger charge is 1.98. The van der Waals surface area contributed by atoms with Crippen LogP contribution in [0.5, 0.6) is 0 Å². The number of ketones is 2. The molecule has 0 heterocycles. The summed E-state index contributed by atoms with van der Waals surface area (Å²) >= 11 is 0. The zero-order chi connectivity index (χ0) is 15.9. The van der Waals surface area contributed by atoms with E-state index in [1.165, 1.54) is 24.3 Å². The first kappa shape index (κ1) is 15.3. The van der Waals surface area contributed by atoms with Crippen molar-refractivity contribution in [3.8, 4) is 11.1 Å². The van der Waals surface area contributed by atoms with Crippen LogP contribution in [0.4, 0.5) is 11.4 Å². The van der Waals surface area contributed by atoms with Gasteiger partial charge >= 0.3 is 0 Å². The maximum Gasteiger partial charge on any atom is 0.178 e. The van der Waals surface area contributed by atoms with Gasteiger partial charge in [-0.3, -0.25) is 9.59 Å². The SMILES string of the molecule is Nc1ccc(-c2ccc(N)cc2)cc1.O=C1C=CC(=O)C=C1. The van der Waals surface area contributed by atoms with E-state index in [-0.39, 0.29) is 11.6 Å². The Morgan fingerprint density at radius 3 is 1.05 bits per heavy atom. The fourth-order valence-electron chi connectivity index (χ4n) is 1.79. The van der Waals surface area contributed by atoms with E-state index in [1.807, 2.05) is 48.5 Å². The van der Waals surface area contributed by atoms with Gasteiger partial charge in [0.25, 0.3) is 0 Å². The number of hydrogen-bond acceptors (Lipinski definition) is 4. The largest absolute Gasteiger partial charge is 0.399 e. The van der Waals surface area contributed by atoms with Crippen LogP contribution < -0.4 is 11.5 Å². The summed E-state index contributed by atoms with van der Waals surface area (Å²) in [5.41, 5.74) is 15.1. The van der Waals surface area contributed by atoms with Gasteiger partial charge in [-0.05, 0) is 59.7 Å². The molecule has 0 bridgehead atoms. The minimum absolute atomic E-state index is 0.121. The first-order valence-corrected chi connectivity index (χ1v) is 6.70. The topological polar surface area (TPSA) is 86.2 Å². The molecule has 110 valence electrons. The highest BCUT2D eigenvalue weighted by molar-refractivity contribution is 6.14.